The molecule has 0 bridgehead atoms. The van der Waals surface area contributed by atoms with Crippen molar-refractivity contribution in [2.24, 2.45) is 5.84 Å². The lowest BCUT2D eigenvalue weighted by molar-refractivity contribution is 0.829. The Kier molecular flexibility index (Phi) is 3.54. The molecule has 0 spiro atoms. The van der Waals surface area contributed by atoms with Gasteiger partial charge in [0.2, 0.25) is 0 Å². The van der Waals surface area contributed by atoms with Crippen LogP contribution in [0.2, 0.25) is 0 Å². The van der Waals surface area contributed by atoms with Crippen LogP contribution in [0.4, 0.5) is 5.82 Å². The van der Waals surface area contributed by atoms with E-state index < -0.39 is 0 Å². The smallest absolute Gasteiger partial charge is 0.142 e. The van der Waals surface area contributed by atoms with Crippen LogP contribution in [-0.4, -0.2) is 4.98 Å². The van der Waals surface area contributed by atoms with Gasteiger partial charge in [0.25, 0.3) is 0 Å². The normalized spacial score (nSPS) is 10.1. The highest BCUT2D eigenvalue weighted by Gasteiger charge is 2.05. The maximum absolute atomic E-state index is 5.95. The van der Waals surface area contributed by atoms with Gasteiger partial charge in [0.1, 0.15) is 5.82 Å². The molecule has 2 aromatic rings. The third kappa shape index (κ3) is 2.59. The van der Waals surface area contributed by atoms with E-state index in [-0.39, 0.29) is 0 Å². The fourth-order valence-electron chi connectivity index (χ4n) is 1.41. The summed E-state index contributed by atoms with van der Waals surface area (Å²) < 4.78 is 1.06. The Morgan fingerprint density at radius 2 is 1.88 bits per heavy atom. The van der Waals surface area contributed by atoms with Crippen molar-refractivity contribution in [2.75, 3.05) is 5.01 Å². The summed E-state index contributed by atoms with van der Waals surface area (Å²) in [4.78, 5) is 4.19. The summed E-state index contributed by atoms with van der Waals surface area (Å²) in [6, 6.07) is 13.7. The number of benzene rings is 1. The van der Waals surface area contributed by atoms with E-state index in [9.17, 15) is 0 Å². The molecule has 1 aromatic carbocycles. The highest BCUT2D eigenvalue weighted by atomic mass is 79.9. The Labute approximate surface area is 103 Å². The summed E-state index contributed by atoms with van der Waals surface area (Å²) in [7, 11) is 0. The van der Waals surface area contributed by atoms with Crippen LogP contribution in [0, 0.1) is 0 Å². The molecule has 3 nitrogen and oxygen atoms in total. The highest BCUT2D eigenvalue weighted by molar-refractivity contribution is 9.10. The summed E-state index contributed by atoms with van der Waals surface area (Å²) >= 11 is 3.49. The minimum absolute atomic E-state index is 0.623. The second-order valence-electron chi connectivity index (χ2n) is 3.41. The summed E-state index contributed by atoms with van der Waals surface area (Å²) in [5.41, 5.74) is 1.13. The van der Waals surface area contributed by atoms with E-state index in [2.05, 4.69) is 20.9 Å². The van der Waals surface area contributed by atoms with Crippen LogP contribution in [0.3, 0.4) is 0 Å². The van der Waals surface area contributed by atoms with Crippen LogP contribution < -0.4 is 10.9 Å². The fourth-order valence-corrected chi connectivity index (χ4v) is 1.82. The van der Waals surface area contributed by atoms with Gasteiger partial charge in [-0.2, -0.15) is 0 Å². The molecule has 4 heteroatoms. The molecule has 1 aromatic heterocycles. The number of nitrogens with two attached hydrogens (primary N) is 1. The number of rotatable bonds is 3. The first-order valence-electron chi connectivity index (χ1n) is 4.94. The standard InChI is InChI=1S/C12H12BrN3/c13-11-6-2-1-5-10(11)9-16(14)12-7-3-4-8-15-12/h1-8H,9,14H2. The van der Waals surface area contributed by atoms with Crippen LogP contribution in [0.15, 0.2) is 53.1 Å². The van der Waals surface area contributed by atoms with Gasteiger partial charge in [0, 0.05) is 10.7 Å². The molecule has 0 aliphatic carbocycles. The van der Waals surface area contributed by atoms with Gasteiger partial charge in [-0.05, 0) is 23.8 Å². The predicted molar refractivity (Wildman–Crippen MR) is 68.7 cm³/mol. The zero-order chi connectivity index (χ0) is 11.4. The number of pyridine rings is 1. The number of nitrogens with zero attached hydrogens (tertiary/aromatic N) is 2. The number of hydrogen-bond donors (Lipinski definition) is 1. The topological polar surface area (TPSA) is 42.1 Å². The van der Waals surface area contributed by atoms with Gasteiger partial charge >= 0.3 is 0 Å². The van der Waals surface area contributed by atoms with Crippen molar-refractivity contribution in [1.29, 1.82) is 0 Å². The lowest BCUT2D eigenvalue weighted by Gasteiger charge is -2.18. The first-order valence-corrected chi connectivity index (χ1v) is 5.73. The van der Waals surface area contributed by atoms with Gasteiger partial charge in [-0.3, -0.25) is 5.01 Å². The zero-order valence-corrected chi connectivity index (χ0v) is 10.3. The van der Waals surface area contributed by atoms with E-state index in [4.69, 9.17) is 5.84 Å². The van der Waals surface area contributed by atoms with Gasteiger partial charge in [-0.25, -0.2) is 10.8 Å². The zero-order valence-electron chi connectivity index (χ0n) is 8.68. The molecule has 2 rings (SSSR count). The van der Waals surface area contributed by atoms with Gasteiger partial charge in [-0.15, -0.1) is 0 Å². The lowest BCUT2D eigenvalue weighted by Crippen LogP contribution is -2.30. The Bertz CT molecular complexity index is 459. The van der Waals surface area contributed by atoms with Gasteiger partial charge in [0.05, 0.1) is 6.54 Å². The molecule has 1 heterocycles. The van der Waals surface area contributed by atoms with E-state index in [1.165, 1.54) is 0 Å². The number of anilines is 1. The molecule has 0 unspecified atom stereocenters. The molecule has 0 aliphatic rings. The van der Waals surface area contributed by atoms with Gasteiger partial charge in [0.15, 0.2) is 0 Å². The monoisotopic (exact) mass is 277 g/mol. The first-order chi connectivity index (χ1) is 7.77. The predicted octanol–water partition coefficient (Wildman–Crippen LogP) is 2.72. The van der Waals surface area contributed by atoms with Crippen molar-refractivity contribution in [3.8, 4) is 0 Å². The summed E-state index contributed by atoms with van der Waals surface area (Å²) in [6.07, 6.45) is 1.73. The Morgan fingerprint density at radius 3 is 2.56 bits per heavy atom. The fraction of sp³-hybridized carbons (Fsp3) is 0.0833. The van der Waals surface area contributed by atoms with Crippen molar-refractivity contribution in [2.45, 2.75) is 6.54 Å². The number of hydrogen-bond acceptors (Lipinski definition) is 3. The van der Waals surface area contributed by atoms with Gasteiger partial charge < -0.3 is 0 Å². The Morgan fingerprint density at radius 1 is 1.12 bits per heavy atom. The quantitative estimate of drug-likeness (QED) is 0.693. The van der Waals surface area contributed by atoms with Crippen molar-refractivity contribution in [1.82, 2.24) is 4.98 Å². The molecule has 0 amide bonds. The van der Waals surface area contributed by atoms with Crippen molar-refractivity contribution in [3.63, 3.8) is 0 Å². The molecule has 16 heavy (non-hydrogen) atoms. The second-order valence-corrected chi connectivity index (χ2v) is 4.26. The molecule has 0 radical (unpaired) electrons. The molecule has 0 saturated carbocycles. The summed E-state index contributed by atoms with van der Waals surface area (Å²) in [5, 5.41) is 1.63. The SMILES string of the molecule is NN(Cc1ccccc1Br)c1ccccn1. The number of aromatic nitrogens is 1. The van der Waals surface area contributed by atoms with Crippen LogP contribution >= 0.6 is 15.9 Å². The largest absolute Gasteiger partial charge is 0.290 e. The molecule has 0 aliphatic heterocycles. The molecular formula is C12H12BrN3. The number of hydrazine groups is 1. The summed E-state index contributed by atoms with van der Waals surface area (Å²) in [5.74, 6) is 6.71. The van der Waals surface area contributed by atoms with Crippen molar-refractivity contribution >= 4 is 21.7 Å². The van der Waals surface area contributed by atoms with E-state index >= 15 is 0 Å². The average molecular weight is 278 g/mol. The Hall–Kier alpha value is -1.39. The minimum Gasteiger partial charge on any atom is -0.290 e. The highest BCUT2D eigenvalue weighted by Crippen LogP contribution is 2.18. The van der Waals surface area contributed by atoms with Crippen molar-refractivity contribution < 1.29 is 0 Å². The third-order valence-electron chi connectivity index (χ3n) is 2.24. The van der Waals surface area contributed by atoms with Gasteiger partial charge in [-0.1, -0.05) is 40.2 Å². The maximum atomic E-state index is 5.95. The minimum atomic E-state index is 0.623. The van der Waals surface area contributed by atoms with E-state index in [0.717, 1.165) is 15.9 Å². The molecule has 2 N–H and O–H groups in total. The Balaban J connectivity index is 2.14. The van der Waals surface area contributed by atoms with Crippen LogP contribution in [0.25, 0.3) is 0 Å². The maximum Gasteiger partial charge on any atom is 0.142 e. The molecule has 0 saturated heterocycles. The average Bonchev–Trinajstić information content (AvgIpc) is 2.33. The molecular weight excluding hydrogens is 266 g/mol. The molecule has 0 atom stereocenters. The summed E-state index contributed by atoms with van der Waals surface area (Å²) in [6.45, 7) is 0.623. The van der Waals surface area contributed by atoms with Crippen LogP contribution in [0.1, 0.15) is 5.56 Å². The van der Waals surface area contributed by atoms with E-state index in [1.54, 1.807) is 11.2 Å². The first kappa shape index (κ1) is 11.1. The lowest BCUT2D eigenvalue weighted by atomic mass is 10.2. The van der Waals surface area contributed by atoms with Crippen LogP contribution in [0.5, 0.6) is 0 Å². The van der Waals surface area contributed by atoms with E-state index in [1.807, 2.05) is 42.5 Å². The third-order valence-corrected chi connectivity index (χ3v) is 3.02. The number of halogens is 1. The molecule has 0 fully saturated rings. The van der Waals surface area contributed by atoms with Crippen LogP contribution in [-0.2, 0) is 6.54 Å². The molecule has 82 valence electrons. The second kappa shape index (κ2) is 5.09. The van der Waals surface area contributed by atoms with Crippen molar-refractivity contribution in [3.05, 3.63) is 58.7 Å². The van der Waals surface area contributed by atoms with E-state index in [0.29, 0.717) is 6.54 Å².